The van der Waals surface area contributed by atoms with Crippen LogP contribution in [0, 0.1) is 6.92 Å². The van der Waals surface area contributed by atoms with Crippen molar-refractivity contribution in [2.24, 2.45) is 0 Å². The summed E-state index contributed by atoms with van der Waals surface area (Å²) in [5.41, 5.74) is 9.47. The lowest BCUT2D eigenvalue weighted by atomic mass is 10.1. The fraction of sp³-hybridized carbons (Fsp3) is 0.294. The molecular weight excluding hydrogens is 262 g/mol. The van der Waals surface area contributed by atoms with Crippen molar-refractivity contribution in [2.75, 3.05) is 5.73 Å². The summed E-state index contributed by atoms with van der Waals surface area (Å²) in [6.45, 7) is 4.61. The van der Waals surface area contributed by atoms with Gasteiger partial charge in [-0.2, -0.15) is 0 Å². The number of benzene rings is 1. The van der Waals surface area contributed by atoms with E-state index in [1.165, 1.54) is 5.56 Å². The summed E-state index contributed by atoms with van der Waals surface area (Å²) < 4.78 is 0. The van der Waals surface area contributed by atoms with Crippen LogP contribution >= 0.6 is 0 Å². The number of nitrogen functional groups attached to an aromatic ring is 1. The molecule has 1 aromatic heterocycles. The number of hydrogen-bond acceptors (Lipinski definition) is 3. The number of carbonyl (C=O) groups excluding carboxylic acids is 1. The topological polar surface area (TPSA) is 68.0 Å². The molecule has 0 radical (unpaired) electrons. The van der Waals surface area contributed by atoms with Gasteiger partial charge in [-0.05, 0) is 31.0 Å². The van der Waals surface area contributed by atoms with Gasteiger partial charge in [0.25, 0.3) is 5.91 Å². The highest BCUT2D eigenvalue weighted by Gasteiger charge is 2.08. The van der Waals surface area contributed by atoms with Crippen LogP contribution in [0.25, 0.3) is 0 Å². The van der Waals surface area contributed by atoms with Crippen molar-refractivity contribution >= 4 is 11.7 Å². The molecule has 2 rings (SSSR count). The third kappa shape index (κ3) is 4.31. The molecule has 0 aliphatic heterocycles. The number of nitrogens with two attached hydrogens (primary N) is 1. The van der Waals surface area contributed by atoms with Crippen LogP contribution in [-0.4, -0.2) is 10.9 Å². The lowest BCUT2D eigenvalue weighted by Crippen LogP contribution is -2.23. The van der Waals surface area contributed by atoms with Crippen LogP contribution in [-0.2, 0) is 13.0 Å². The minimum atomic E-state index is -0.123. The van der Waals surface area contributed by atoms with E-state index in [9.17, 15) is 4.79 Å². The Bertz CT molecular complexity index is 620. The van der Waals surface area contributed by atoms with Crippen LogP contribution in [0.1, 0.15) is 40.5 Å². The Kier molecular flexibility index (Phi) is 4.93. The molecule has 21 heavy (non-hydrogen) atoms. The second-order valence-corrected chi connectivity index (χ2v) is 5.19. The molecule has 2 aromatic rings. The van der Waals surface area contributed by atoms with E-state index in [1.807, 2.05) is 37.3 Å². The fourth-order valence-electron chi connectivity index (χ4n) is 2.12. The average molecular weight is 283 g/mol. The van der Waals surface area contributed by atoms with Crippen molar-refractivity contribution in [3.05, 3.63) is 58.8 Å². The predicted octanol–water partition coefficient (Wildman–Crippen LogP) is 2.85. The van der Waals surface area contributed by atoms with Crippen molar-refractivity contribution in [1.82, 2.24) is 10.3 Å². The van der Waals surface area contributed by atoms with Crippen molar-refractivity contribution in [3.63, 3.8) is 0 Å². The number of hydrogen-bond donors (Lipinski definition) is 2. The largest absolute Gasteiger partial charge is 0.384 e. The standard InChI is InChI=1S/C17H21N3O/c1-3-4-15-9-14(10-16(18)20-15)17(21)19-11-13-7-5-12(2)6-8-13/h5-10H,3-4,11H2,1-2H3,(H2,18,20)(H,19,21). The van der Waals surface area contributed by atoms with E-state index >= 15 is 0 Å². The number of anilines is 1. The lowest BCUT2D eigenvalue weighted by Gasteiger charge is -2.08. The molecule has 0 atom stereocenters. The Morgan fingerprint density at radius 2 is 1.95 bits per heavy atom. The molecule has 1 aromatic carbocycles. The fourth-order valence-corrected chi connectivity index (χ4v) is 2.12. The summed E-state index contributed by atoms with van der Waals surface area (Å²) in [4.78, 5) is 16.4. The first-order chi connectivity index (χ1) is 10.1. The van der Waals surface area contributed by atoms with Crippen molar-refractivity contribution in [1.29, 1.82) is 0 Å². The van der Waals surface area contributed by atoms with E-state index in [0.29, 0.717) is 17.9 Å². The number of pyridine rings is 1. The minimum Gasteiger partial charge on any atom is -0.384 e. The monoisotopic (exact) mass is 283 g/mol. The molecule has 1 amide bonds. The lowest BCUT2D eigenvalue weighted by molar-refractivity contribution is 0.0950. The first-order valence-corrected chi connectivity index (χ1v) is 7.18. The van der Waals surface area contributed by atoms with Crippen LogP contribution in [0.2, 0.25) is 0 Å². The molecule has 1 heterocycles. The average Bonchev–Trinajstić information content (AvgIpc) is 2.46. The predicted molar refractivity (Wildman–Crippen MR) is 85.0 cm³/mol. The Morgan fingerprint density at radius 1 is 1.24 bits per heavy atom. The number of amides is 1. The van der Waals surface area contributed by atoms with Gasteiger partial charge >= 0.3 is 0 Å². The van der Waals surface area contributed by atoms with Gasteiger partial charge in [-0.1, -0.05) is 43.2 Å². The summed E-state index contributed by atoms with van der Waals surface area (Å²) in [5, 5.41) is 2.91. The smallest absolute Gasteiger partial charge is 0.251 e. The van der Waals surface area contributed by atoms with Crippen LogP contribution in [0.3, 0.4) is 0 Å². The third-order valence-electron chi connectivity index (χ3n) is 3.24. The van der Waals surface area contributed by atoms with Gasteiger partial charge in [0.05, 0.1) is 0 Å². The number of carbonyl (C=O) groups is 1. The van der Waals surface area contributed by atoms with E-state index in [0.717, 1.165) is 24.1 Å². The zero-order valence-electron chi connectivity index (χ0n) is 12.5. The molecule has 0 aliphatic rings. The van der Waals surface area contributed by atoms with E-state index in [-0.39, 0.29) is 5.91 Å². The molecule has 0 fully saturated rings. The zero-order valence-corrected chi connectivity index (χ0v) is 12.5. The Balaban J connectivity index is 2.04. The van der Waals surface area contributed by atoms with E-state index in [1.54, 1.807) is 6.07 Å². The van der Waals surface area contributed by atoms with E-state index < -0.39 is 0 Å². The van der Waals surface area contributed by atoms with E-state index in [2.05, 4.69) is 17.2 Å². The second-order valence-electron chi connectivity index (χ2n) is 5.19. The highest BCUT2D eigenvalue weighted by molar-refractivity contribution is 5.94. The molecule has 0 saturated carbocycles. The molecule has 4 nitrogen and oxygen atoms in total. The third-order valence-corrected chi connectivity index (χ3v) is 3.24. The first kappa shape index (κ1) is 15.0. The highest BCUT2D eigenvalue weighted by atomic mass is 16.1. The maximum Gasteiger partial charge on any atom is 0.251 e. The number of rotatable bonds is 5. The maximum absolute atomic E-state index is 12.2. The summed E-state index contributed by atoms with van der Waals surface area (Å²) in [6.07, 6.45) is 1.80. The normalized spacial score (nSPS) is 10.4. The van der Waals surface area contributed by atoms with Gasteiger partial charge in [0.2, 0.25) is 0 Å². The molecule has 110 valence electrons. The Labute approximate surface area is 125 Å². The van der Waals surface area contributed by atoms with Gasteiger partial charge in [0, 0.05) is 17.8 Å². The summed E-state index contributed by atoms with van der Waals surface area (Å²) in [5.74, 6) is 0.267. The Morgan fingerprint density at radius 3 is 2.62 bits per heavy atom. The van der Waals surface area contributed by atoms with Gasteiger partial charge in [-0.25, -0.2) is 4.98 Å². The molecule has 0 bridgehead atoms. The summed E-state index contributed by atoms with van der Waals surface area (Å²) in [6, 6.07) is 11.5. The van der Waals surface area contributed by atoms with Gasteiger partial charge in [-0.3, -0.25) is 4.79 Å². The summed E-state index contributed by atoms with van der Waals surface area (Å²) in [7, 11) is 0. The zero-order chi connectivity index (χ0) is 15.2. The minimum absolute atomic E-state index is 0.123. The molecule has 4 heteroatoms. The van der Waals surface area contributed by atoms with Gasteiger partial charge in [0.15, 0.2) is 0 Å². The van der Waals surface area contributed by atoms with Gasteiger partial charge < -0.3 is 11.1 Å². The molecule has 0 aliphatic carbocycles. The van der Waals surface area contributed by atoms with Crippen molar-refractivity contribution in [2.45, 2.75) is 33.2 Å². The molecule has 0 spiro atoms. The van der Waals surface area contributed by atoms with Crippen LogP contribution in [0.4, 0.5) is 5.82 Å². The number of aromatic nitrogens is 1. The Hall–Kier alpha value is -2.36. The van der Waals surface area contributed by atoms with Crippen molar-refractivity contribution < 1.29 is 4.79 Å². The van der Waals surface area contributed by atoms with Crippen LogP contribution < -0.4 is 11.1 Å². The summed E-state index contributed by atoms with van der Waals surface area (Å²) >= 11 is 0. The molecule has 0 unspecified atom stereocenters. The molecule has 0 saturated heterocycles. The first-order valence-electron chi connectivity index (χ1n) is 7.18. The van der Waals surface area contributed by atoms with Gasteiger partial charge in [-0.15, -0.1) is 0 Å². The van der Waals surface area contributed by atoms with Crippen LogP contribution in [0.5, 0.6) is 0 Å². The van der Waals surface area contributed by atoms with Crippen LogP contribution in [0.15, 0.2) is 36.4 Å². The number of nitrogens with one attached hydrogen (secondary N) is 1. The van der Waals surface area contributed by atoms with E-state index in [4.69, 9.17) is 5.73 Å². The maximum atomic E-state index is 12.2. The number of nitrogens with zero attached hydrogens (tertiary/aromatic N) is 1. The van der Waals surface area contributed by atoms with Crippen molar-refractivity contribution in [3.8, 4) is 0 Å². The SMILES string of the molecule is CCCc1cc(C(=O)NCc2ccc(C)cc2)cc(N)n1. The quantitative estimate of drug-likeness (QED) is 0.886. The number of aryl methyl sites for hydroxylation is 2. The molecule has 3 N–H and O–H groups in total. The highest BCUT2D eigenvalue weighted by Crippen LogP contribution is 2.10. The molecular formula is C17H21N3O. The van der Waals surface area contributed by atoms with Gasteiger partial charge in [0.1, 0.15) is 5.82 Å². The second kappa shape index (κ2) is 6.88.